The summed E-state index contributed by atoms with van der Waals surface area (Å²) in [5.41, 5.74) is 3.16. The van der Waals surface area contributed by atoms with E-state index < -0.39 is 0 Å². The standard InChI is InChI=1S/C24H20BrCl2N7S/c1-24(2,3)23-33-32-22(35-23)20-18(11-19-28-12-29-31-19)34(15-7-4-13(25)5-8-15)21(30-20)16-9-6-14(26)10-17(16)27/h4-10,12H,11H2,1-3H3,(H,28,29,31). The number of rotatable bonds is 5. The van der Waals surface area contributed by atoms with Crippen molar-refractivity contribution in [3.63, 3.8) is 0 Å². The van der Waals surface area contributed by atoms with E-state index in [9.17, 15) is 0 Å². The summed E-state index contributed by atoms with van der Waals surface area (Å²) in [7, 11) is 0. The molecule has 3 heterocycles. The van der Waals surface area contributed by atoms with Crippen LogP contribution in [0.4, 0.5) is 0 Å². The molecule has 5 rings (SSSR count). The van der Waals surface area contributed by atoms with E-state index in [4.69, 9.17) is 28.2 Å². The highest BCUT2D eigenvalue weighted by Crippen LogP contribution is 2.39. The molecule has 0 radical (unpaired) electrons. The molecule has 0 aliphatic heterocycles. The SMILES string of the molecule is CC(C)(C)c1nnc(-c2nc(-c3ccc(Cl)cc3Cl)n(-c3ccc(Br)cc3)c2Cc2ncn[nH]2)s1. The van der Waals surface area contributed by atoms with Crippen molar-refractivity contribution in [1.29, 1.82) is 0 Å². The summed E-state index contributed by atoms with van der Waals surface area (Å²) in [6.45, 7) is 6.35. The highest BCUT2D eigenvalue weighted by Gasteiger charge is 2.27. The van der Waals surface area contributed by atoms with Gasteiger partial charge >= 0.3 is 0 Å². The van der Waals surface area contributed by atoms with Crippen LogP contribution in [-0.2, 0) is 11.8 Å². The molecule has 0 unspecified atom stereocenters. The first-order chi connectivity index (χ1) is 16.7. The fourth-order valence-corrected chi connectivity index (χ4v) is 5.27. The van der Waals surface area contributed by atoms with Gasteiger partial charge in [0.1, 0.15) is 28.7 Å². The Morgan fingerprint density at radius 2 is 1.83 bits per heavy atom. The average molecular weight is 589 g/mol. The molecule has 11 heteroatoms. The Balaban J connectivity index is 1.81. The van der Waals surface area contributed by atoms with E-state index in [1.165, 1.54) is 17.7 Å². The first kappa shape index (κ1) is 24.1. The fourth-order valence-electron chi connectivity index (χ4n) is 3.60. The summed E-state index contributed by atoms with van der Waals surface area (Å²) in [5, 5.41) is 18.7. The largest absolute Gasteiger partial charge is 0.296 e. The lowest BCUT2D eigenvalue weighted by Gasteiger charge is -2.13. The zero-order valence-electron chi connectivity index (χ0n) is 19.1. The van der Waals surface area contributed by atoms with Crippen molar-refractivity contribution in [2.75, 3.05) is 0 Å². The van der Waals surface area contributed by atoms with Gasteiger partial charge in [-0.25, -0.2) is 9.97 Å². The Hall–Kier alpha value is -2.59. The van der Waals surface area contributed by atoms with Crippen LogP contribution in [-0.4, -0.2) is 34.9 Å². The lowest BCUT2D eigenvalue weighted by molar-refractivity contribution is 0.578. The molecule has 1 N–H and O–H groups in total. The van der Waals surface area contributed by atoms with Crippen LogP contribution >= 0.6 is 50.5 Å². The molecule has 178 valence electrons. The molecule has 35 heavy (non-hydrogen) atoms. The van der Waals surface area contributed by atoms with Crippen LogP contribution in [0, 0.1) is 0 Å². The van der Waals surface area contributed by atoms with Crippen LogP contribution < -0.4 is 0 Å². The van der Waals surface area contributed by atoms with Gasteiger partial charge in [-0.1, -0.05) is 71.2 Å². The molecule has 0 amide bonds. The number of hydrogen-bond acceptors (Lipinski definition) is 6. The number of aromatic nitrogens is 7. The first-order valence-corrected chi connectivity index (χ1v) is 13.1. The summed E-state index contributed by atoms with van der Waals surface area (Å²) < 4.78 is 3.06. The van der Waals surface area contributed by atoms with Gasteiger partial charge in [-0.05, 0) is 42.5 Å². The Bertz CT molecular complexity index is 1490. The number of benzene rings is 2. The van der Waals surface area contributed by atoms with Crippen LogP contribution in [0.2, 0.25) is 10.0 Å². The molecule has 0 bridgehead atoms. The van der Waals surface area contributed by atoms with Crippen molar-refractivity contribution in [2.45, 2.75) is 32.6 Å². The van der Waals surface area contributed by atoms with E-state index in [2.05, 4.69) is 66.6 Å². The minimum absolute atomic E-state index is 0.127. The molecule has 2 aromatic carbocycles. The topological polar surface area (TPSA) is 85.2 Å². The summed E-state index contributed by atoms with van der Waals surface area (Å²) in [6, 6.07) is 13.4. The van der Waals surface area contributed by atoms with Crippen LogP contribution in [0.25, 0.3) is 27.8 Å². The van der Waals surface area contributed by atoms with E-state index in [0.29, 0.717) is 28.1 Å². The maximum Gasteiger partial charge on any atom is 0.168 e. The van der Waals surface area contributed by atoms with Crippen molar-refractivity contribution in [3.8, 4) is 27.8 Å². The molecular formula is C24H20BrCl2N7S. The number of aromatic amines is 1. The van der Waals surface area contributed by atoms with E-state index >= 15 is 0 Å². The molecule has 0 saturated heterocycles. The zero-order valence-corrected chi connectivity index (χ0v) is 23.0. The normalized spacial score (nSPS) is 11.8. The fraction of sp³-hybridized carbons (Fsp3) is 0.208. The molecule has 0 aliphatic carbocycles. The van der Waals surface area contributed by atoms with Gasteiger partial charge in [0.25, 0.3) is 0 Å². The number of H-pyrrole nitrogens is 1. The number of nitrogens with one attached hydrogen (secondary N) is 1. The second-order valence-electron chi connectivity index (χ2n) is 8.94. The third-order valence-electron chi connectivity index (χ3n) is 5.30. The Labute approximate surface area is 224 Å². The highest BCUT2D eigenvalue weighted by atomic mass is 79.9. The van der Waals surface area contributed by atoms with Crippen molar-refractivity contribution in [2.24, 2.45) is 0 Å². The quantitative estimate of drug-likeness (QED) is 0.236. The van der Waals surface area contributed by atoms with Crippen molar-refractivity contribution < 1.29 is 0 Å². The predicted molar refractivity (Wildman–Crippen MR) is 144 cm³/mol. The Morgan fingerprint density at radius 3 is 2.46 bits per heavy atom. The van der Waals surface area contributed by atoms with Gasteiger partial charge in [0.15, 0.2) is 5.01 Å². The highest BCUT2D eigenvalue weighted by molar-refractivity contribution is 9.10. The zero-order chi connectivity index (χ0) is 24.7. The molecule has 0 aliphatic rings. The molecular weight excluding hydrogens is 569 g/mol. The minimum Gasteiger partial charge on any atom is -0.296 e. The Morgan fingerprint density at radius 1 is 1.06 bits per heavy atom. The van der Waals surface area contributed by atoms with Crippen LogP contribution in [0.1, 0.15) is 37.3 Å². The third-order valence-corrected chi connectivity index (χ3v) is 7.73. The summed E-state index contributed by atoms with van der Waals surface area (Å²) >= 11 is 17.9. The first-order valence-electron chi connectivity index (χ1n) is 10.7. The second kappa shape index (κ2) is 9.46. The number of nitrogens with zero attached hydrogens (tertiary/aromatic N) is 6. The Kier molecular flexibility index (Phi) is 6.52. The molecule has 0 spiro atoms. The van der Waals surface area contributed by atoms with E-state index in [1.807, 2.05) is 36.4 Å². The van der Waals surface area contributed by atoms with E-state index in [0.717, 1.165) is 37.1 Å². The van der Waals surface area contributed by atoms with Crippen LogP contribution in [0.5, 0.6) is 0 Å². The number of hydrogen-bond donors (Lipinski definition) is 1. The molecule has 3 aromatic heterocycles. The van der Waals surface area contributed by atoms with Crippen LogP contribution in [0.15, 0.2) is 53.3 Å². The van der Waals surface area contributed by atoms with Gasteiger partial charge in [0.05, 0.1) is 17.1 Å². The second-order valence-corrected chi connectivity index (χ2v) is 11.7. The number of halogens is 3. The molecule has 0 atom stereocenters. The van der Waals surface area contributed by atoms with Gasteiger partial charge < -0.3 is 0 Å². The summed E-state index contributed by atoms with van der Waals surface area (Å²) in [4.78, 5) is 9.44. The van der Waals surface area contributed by atoms with Gasteiger partial charge in [-0.2, -0.15) is 5.10 Å². The molecule has 0 saturated carbocycles. The maximum absolute atomic E-state index is 6.66. The summed E-state index contributed by atoms with van der Waals surface area (Å²) in [5.74, 6) is 1.38. The van der Waals surface area contributed by atoms with Crippen molar-refractivity contribution in [3.05, 3.63) is 79.8 Å². The van der Waals surface area contributed by atoms with Gasteiger partial charge in [0, 0.05) is 26.2 Å². The van der Waals surface area contributed by atoms with Gasteiger partial charge in [0.2, 0.25) is 0 Å². The van der Waals surface area contributed by atoms with E-state index in [1.54, 1.807) is 6.07 Å². The molecule has 7 nitrogen and oxygen atoms in total. The predicted octanol–water partition coefficient (Wildman–Crippen LogP) is 7.13. The monoisotopic (exact) mass is 587 g/mol. The van der Waals surface area contributed by atoms with Crippen molar-refractivity contribution in [1.82, 2.24) is 34.9 Å². The lowest BCUT2D eigenvalue weighted by Crippen LogP contribution is -2.10. The molecule has 5 aromatic rings. The van der Waals surface area contributed by atoms with Gasteiger partial charge in [-0.15, -0.1) is 10.2 Å². The van der Waals surface area contributed by atoms with Gasteiger partial charge in [-0.3, -0.25) is 9.67 Å². The molecule has 0 fully saturated rings. The third kappa shape index (κ3) is 4.91. The summed E-state index contributed by atoms with van der Waals surface area (Å²) in [6.07, 6.45) is 1.95. The minimum atomic E-state index is -0.127. The van der Waals surface area contributed by atoms with Crippen molar-refractivity contribution >= 4 is 50.5 Å². The van der Waals surface area contributed by atoms with E-state index in [-0.39, 0.29) is 5.41 Å². The number of imidazole rings is 1. The average Bonchev–Trinajstić information content (AvgIpc) is 3.55. The maximum atomic E-state index is 6.66. The lowest BCUT2D eigenvalue weighted by atomic mass is 9.98. The van der Waals surface area contributed by atoms with Crippen LogP contribution in [0.3, 0.4) is 0 Å². The smallest absolute Gasteiger partial charge is 0.168 e.